The van der Waals surface area contributed by atoms with Crippen LogP contribution in [0.2, 0.25) is 0 Å². The number of anilines is 1. The maximum Gasteiger partial charge on any atom is 0.154 e. The fourth-order valence-electron chi connectivity index (χ4n) is 4.17. The van der Waals surface area contributed by atoms with Crippen molar-refractivity contribution in [3.8, 4) is 22.6 Å². The molecule has 0 aliphatic carbocycles. The molecule has 2 N–H and O–H groups in total. The van der Waals surface area contributed by atoms with Crippen LogP contribution in [-0.4, -0.2) is 48.3 Å². The van der Waals surface area contributed by atoms with Gasteiger partial charge in [0.2, 0.25) is 0 Å². The molecule has 1 aliphatic rings. The molecule has 1 saturated heterocycles. The fourth-order valence-corrected chi connectivity index (χ4v) is 4.17. The molecule has 1 atom stereocenters. The number of hydrogen-bond acceptors (Lipinski definition) is 6. The zero-order valence-electron chi connectivity index (χ0n) is 16.9. The van der Waals surface area contributed by atoms with Crippen LogP contribution < -0.4 is 10.6 Å². The van der Waals surface area contributed by atoms with Gasteiger partial charge in [-0.2, -0.15) is 10.2 Å². The highest BCUT2D eigenvalue weighted by molar-refractivity contribution is 5.78. The number of nitrogens with zero attached hydrogens (tertiary/aromatic N) is 6. The largest absolute Gasteiger partial charge is 0.366 e. The third-order valence-electron chi connectivity index (χ3n) is 5.73. The summed E-state index contributed by atoms with van der Waals surface area (Å²) in [7, 11) is 0. The minimum absolute atomic E-state index is 0.402. The van der Waals surface area contributed by atoms with Crippen molar-refractivity contribution < 1.29 is 0 Å². The van der Waals surface area contributed by atoms with Crippen LogP contribution in [0.15, 0.2) is 67.1 Å². The number of rotatable bonds is 4. The first-order valence-electron chi connectivity index (χ1n) is 10.6. The lowest BCUT2D eigenvalue weighted by molar-refractivity contribution is 0.479. The molecule has 0 aromatic carbocycles. The highest BCUT2D eigenvalue weighted by atomic mass is 15.3. The maximum absolute atomic E-state index is 4.88. The molecule has 5 aromatic rings. The molecule has 6 heterocycles. The quantitative estimate of drug-likeness (QED) is 0.473. The van der Waals surface area contributed by atoms with Crippen LogP contribution in [-0.2, 0) is 0 Å². The molecular weight excluding hydrogens is 388 g/mol. The van der Waals surface area contributed by atoms with Gasteiger partial charge in [0.25, 0.3) is 0 Å². The first-order chi connectivity index (χ1) is 15.3. The zero-order valence-corrected chi connectivity index (χ0v) is 16.9. The Labute approximate surface area is 179 Å². The van der Waals surface area contributed by atoms with Gasteiger partial charge in [-0.3, -0.25) is 0 Å². The summed E-state index contributed by atoms with van der Waals surface area (Å²) in [5.41, 5.74) is 5.32. The maximum atomic E-state index is 4.88. The second-order valence-corrected chi connectivity index (χ2v) is 7.82. The second kappa shape index (κ2) is 7.48. The highest BCUT2D eigenvalue weighted by Gasteiger charge is 2.15. The van der Waals surface area contributed by atoms with Gasteiger partial charge in [-0.25, -0.2) is 19.0 Å². The first-order valence-corrected chi connectivity index (χ1v) is 10.6. The lowest BCUT2D eigenvalue weighted by Crippen LogP contribution is -2.38. The van der Waals surface area contributed by atoms with Gasteiger partial charge >= 0.3 is 0 Å². The normalized spacial score (nSPS) is 16.7. The summed E-state index contributed by atoms with van der Waals surface area (Å²) in [4.78, 5) is 9.38. The molecule has 0 amide bonds. The number of aromatic nitrogens is 6. The van der Waals surface area contributed by atoms with Crippen LogP contribution in [0.1, 0.15) is 12.8 Å². The molecule has 0 bridgehead atoms. The van der Waals surface area contributed by atoms with Crippen molar-refractivity contribution in [3.63, 3.8) is 0 Å². The van der Waals surface area contributed by atoms with E-state index >= 15 is 0 Å². The molecule has 0 spiro atoms. The van der Waals surface area contributed by atoms with Gasteiger partial charge in [0.1, 0.15) is 11.5 Å². The van der Waals surface area contributed by atoms with Crippen molar-refractivity contribution in [2.75, 3.05) is 18.4 Å². The topological polar surface area (TPSA) is 84.4 Å². The van der Waals surface area contributed by atoms with Gasteiger partial charge < -0.3 is 10.6 Å². The molecule has 0 unspecified atom stereocenters. The Bertz CT molecular complexity index is 1360. The number of imidazole rings is 1. The second-order valence-electron chi connectivity index (χ2n) is 7.82. The van der Waals surface area contributed by atoms with Crippen LogP contribution >= 0.6 is 0 Å². The van der Waals surface area contributed by atoms with Crippen molar-refractivity contribution in [2.45, 2.75) is 18.9 Å². The molecule has 5 aromatic heterocycles. The summed E-state index contributed by atoms with van der Waals surface area (Å²) in [5, 5.41) is 16.3. The van der Waals surface area contributed by atoms with Crippen LogP contribution in [0, 0.1) is 0 Å². The lowest BCUT2D eigenvalue weighted by atomic mass is 10.1. The van der Waals surface area contributed by atoms with E-state index in [-0.39, 0.29) is 0 Å². The summed E-state index contributed by atoms with van der Waals surface area (Å²) in [6.45, 7) is 2.06. The Morgan fingerprint density at radius 2 is 2.00 bits per heavy atom. The lowest BCUT2D eigenvalue weighted by Gasteiger charge is -2.24. The highest BCUT2D eigenvalue weighted by Crippen LogP contribution is 2.25. The van der Waals surface area contributed by atoms with Crippen LogP contribution in [0.5, 0.6) is 0 Å². The van der Waals surface area contributed by atoms with E-state index in [1.54, 1.807) is 0 Å². The Morgan fingerprint density at radius 1 is 1.00 bits per heavy atom. The Hall–Kier alpha value is -3.78. The van der Waals surface area contributed by atoms with Gasteiger partial charge in [-0.05, 0) is 55.8 Å². The third kappa shape index (κ3) is 3.30. The molecule has 8 heteroatoms. The van der Waals surface area contributed by atoms with E-state index in [1.165, 1.54) is 6.42 Å². The third-order valence-corrected chi connectivity index (χ3v) is 5.73. The summed E-state index contributed by atoms with van der Waals surface area (Å²) in [6, 6.07) is 16.4. The van der Waals surface area contributed by atoms with E-state index in [0.717, 1.165) is 59.1 Å². The Balaban J connectivity index is 1.38. The molecule has 31 heavy (non-hydrogen) atoms. The molecular formula is C23H22N8. The SMILES string of the molecule is c1cc(N[C@@H]2CCCNC2)nc(-c2cnc3ccc(-c4cnn5ccccc45)nn23)c1. The van der Waals surface area contributed by atoms with E-state index in [2.05, 4.69) is 20.7 Å². The van der Waals surface area contributed by atoms with Gasteiger partial charge in [-0.15, -0.1) is 0 Å². The monoisotopic (exact) mass is 410 g/mol. The number of hydrogen-bond donors (Lipinski definition) is 2. The molecule has 154 valence electrons. The van der Waals surface area contributed by atoms with Crippen molar-refractivity contribution >= 4 is 17.0 Å². The summed E-state index contributed by atoms with van der Waals surface area (Å²) in [5.74, 6) is 0.875. The van der Waals surface area contributed by atoms with Crippen LogP contribution in [0.25, 0.3) is 33.8 Å². The standard InChI is InChI=1S/C23H22N8/c1-2-12-30-20(7-1)17(14-26-30)18-9-10-23-25-15-21(31(23)29-18)19-6-3-8-22(28-19)27-16-5-4-11-24-13-16/h1-3,6-10,12,14-16,24H,4-5,11,13H2,(H,27,28)/t16-/m1/s1. The summed E-state index contributed by atoms with van der Waals surface area (Å²) < 4.78 is 3.71. The number of nitrogens with one attached hydrogen (secondary N) is 2. The van der Waals surface area contributed by atoms with Gasteiger partial charge in [0.15, 0.2) is 5.65 Å². The van der Waals surface area contributed by atoms with Crippen molar-refractivity contribution in [3.05, 3.63) is 67.1 Å². The van der Waals surface area contributed by atoms with E-state index < -0.39 is 0 Å². The number of piperidine rings is 1. The van der Waals surface area contributed by atoms with Crippen molar-refractivity contribution in [2.24, 2.45) is 0 Å². The predicted molar refractivity (Wildman–Crippen MR) is 120 cm³/mol. The van der Waals surface area contributed by atoms with E-state index in [9.17, 15) is 0 Å². The van der Waals surface area contributed by atoms with Crippen LogP contribution in [0.3, 0.4) is 0 Å². The van der Waals surface area contributed by atoms with Gasteiger partial charge in [0.05, 0.1) is 29.3 Å². The zero-order chi connectivity index (χ0) is 20.6. The van der Waals surface area contributed by atoms with E-state index in [4.69, 9.17) is 10.1 Å². The minimum Gasteiger partial charge on any atom is -0.366 e. The van der Waals surface area contributed by atoms with Gasteiger partial charge in [-0.1, -0.05) is 12.1 Å². The molecule has 1 aliphatic heterocycles. The Morgan fingerprint density at radius 3 is 2.94 bits per heavy atom. The number of fused-ring (bicyclic) bond motifs is 2. The summed E-state index contributed by atoms with van der Waals surface area (Å²) in [6.07, 6.45) is 7.95. The smallest absolute Gasteiger partial charge is 0.154 e. The predicted octanol–water partition coefficient (Wildman–Crippen LogP) is 3.27. The molecule has 0 radical (unpaired) electrons. The van der Waals surface area contributed by atoms with Crippen LogP contribution in [0.4, 0.5) is 5.82 Å². The van der Waals surface area contributed by atoms with Gasteiger partial charge in [0, 0.05) is 24.3 Å². The number of pyridine rings is 2. The van der Waals surface area contributed by atoms with Crippen molar-refractivity contribution in [1.29, 1.82) is 0 Å². The summed E-state index contributed by atoms with van der Waals surface area (Å²) >= 11 is 0. The van der Waals surface area contributed by atoms with E-state index in [1.807, 2.05) is 76.2 Å². The molecule has 1 fully saturated rings. The molecule has 8 nitrogen and oxygen atoms in total. The Kier molecular flexibility index (Phi) is 4.35. The average molecular weight is 410 g/mol. The average Bonchev–Trinajstić information content (AvgIpc) is 3.44. The van der Waals surface area contributed by atoms with E-state index in [0.29, 0.717) is 6.04 Å². The molecule has 6 rings (SSSR count). The molecule has 0 saturated carbocycles. The van der Waals surface area contributed by atoms with Crippen molar-refractivity contribution in [1.82, 2.24) is 34.5 Å². The fraction of sp³-hybridized carbons (Fsp3) is 0.217. The first kappa shape index (κ1) is 18.0. The minimum atomic E-state index is 0.402.